The molecule has 0 spiro atoms. The molecule has 1 aliphatic heterocycles. The van der Waals surface area contributed by atoms with Crippen molar-refractivity contribution in [3.05, 3.63) is 23.3 Å². The van der Waals surface area contributed by atoms with Gasteiger partial charge in [0.2, 0.25) is 18.3 Å². The molecule has 0 saturated heterocycles. The first-order valence-electron chi connectivity index (χ1n) is 5.81. The van der Waals surface area contributed by atoms with Crippen LogP contribution in [0.1, 0.15) is 18.1 Å². The standard InChI is InChI=1S/C15H16O4/c1-9(2)6-7-11-10(3)12(16-4)14(17-5)15-13(11)18-8-19-15/h1,8H2,2-5H3. The highest BCUT2D eigenvalue weighted by atomic mass is 16.7. The summed E-state index contributed by atoms with van der Waals surface area (Å²) in [6.07, 6.45) is 0. The normalized spacial score (nSPS) is 11.6. The van der Waals surface area contributed by atoms with E-state index in [0.29, 0.717) is 23.0 Å². The number of methoxy groups -OCH3 is 2. The van der Waals surface area contributed by atoms with Gasteiger partial charge in [0.15, 0.2) is 11.5 Å². The molecule has 0 bridgehead atoms. The van der Waals surface area contributed by atoms with Crippen molar-refractivity contribution in [2.75, 3.05) is 21.0 Å². The summed E-state index contributed by atoms with van der Waals surface area (Å²) >= 11 is 0. The van der Waals surface area contributed by atoms with Gasteiger partial charge in [-0.1, -0.05) is 18.4 Å². The van der Waals surface area contributed by atoms with Gasteiger partial charge in [0.1, 0.15) is 0 Å². The van der Waals surface area contributed by atoms with E-state index < -0.39 is 0 Å². The van der Waals surface area contributed by atoms with Crippen LogP contribution in [0.3, 0.4) is 0 Å². The average Bonchev–Trinajstić information content (AvgIpc) is 2.84. The van der Waals surface area contributed by atoms with Gasteiger partial charge in [-0.15, -0.1) is 0 Å². The Morgan fingerprint density at radius 3 is 2.37 bits per heavy atom. The number of hydrogen-bond acceptors (Lipinski definition) is 4. The molecule has 1 heterocycles. The van der Waals surface area contributed by atoms with E-state index in [9.17, 15) is 0 Å². The fourth-order valence-corrected chi connectivity index (χ4v) is 1.94. The van der Waals surface area contributed by atoms with Crippen LogP contribution in [0.25, 0.3) is 0 Å². The summed E-state index contributed by atoms with van der Waals surface area (Å²) in [5, 5.41) is 0. The van der Waals surface area contributed by atoms with Crippen LogP contribution < -0.4 is 18.9 Å². The van der Waals surface area contributed by atoms with Crippen molar-refractivity contribution in [3.63, 3.8) is 0 Å². The Labute approximate surface area is 112 Å². The highest BCUT2D eigenvalue weighted by Gasteiger charge is 2.29. The third kappa shape index (κ3) is 2.19. The quantitative estimate of drug-likeness (QED) is 0.766. The lowest BCUT2D eigenvalue weighted by molar-refractivity contribution is 0.170. The summed E-state index contributed by atoms with van der Waals surface area (Å²) in [5.41, 5.74) is 2.38. The maximum Gasteiger partial charge on any atom is 0.231 e. The fraction of sp³-hybridized carbons (Fsp3) is 0.333. The molecule has 4 heteroatoms. The summed E-state index contributed by atoms with van der Waals surface area (Å²) in [7, 11) is 3.15. The molecule has 4 nitrogen and oxygen atoms in total. The SMILES string of the molecule is C=C(C)C#Cc1c(C)c(OC)c(OC)c2c1OCO2. The highest BCUT2D eigenvalue weighted by Crippen LogP contribution is 2.51. The molecule has 1 aliphatic rings. The Hall–Kier alpha value is -2.28. The van der Waals surface area contributed by atoms with E-state index >= 15 is 0 Å². The van der Waals surface area contributed by atoms with Gasteiger partial charge in [-0.05, 0) is 19.4 Å². The smallest absolute Gasteiger partial charge is 0.231 e. The number of ether oxygens (including phenoxy) is 4. The molecule has 19 heavy (non-hydrogen) atoms. The van der Waals surface area contributed by atoms with Gasteiger partial charge >= 0.3 is 0 Å². The third-order valence-electron chi connectivity index (χ3n) is 2.78. The van der Waals surface area contributed by atoms with Crippen LogP contribution in [0.5, 0.6) is 23.0 Å². The number of benzene rings is 1. The molecule has 0 atom stereocenters. The monoisotopic (exact) mass is 260 g/mol. The predicted molar refractivity (Wildman–Crippen MR) is 72.1 cm³/mol. The Balaban J connectivity index is 2.72. The lowest BCUT2D eigenvalue weighted by Crippen LogP contribution is -1.97. The average molecular weight is 260 g/mol. The first kappa shape index (κ1) is 13.2. The molecule has 100 valence electrons. The van der Waals surface area contributed by atoms with Crippen LogP contribution in [0.15, 0.2) is 12.2 Å². The van der Waals surface area contributed by atoms with Gasteiger partial charge in [0.25, 0.3) is 0 Å². The maximum absolute atomic E-state index is 5.49. The van der Waals surface area contributed by atoms with Crippen LogP contribution in [0.4, 0.5) is 0 Å². The Kier molecular flexibility index (Phi) is 3.57. The summed E-state index contributed by atoms with van der Waals surface area (Å²) in [6.45, 7) is 7.68. The largest absolute Gasteiger partial charge is 0.492 e. The molecule has 1 aromatic carbocycles. The molecule has 0 saturated carbocycles. The van der Waals surface area contributed by atoms with E-state index in [0.717, 1.165) is 16.7 Å². The van der Waals surface area contributed by atoms with Crippen LogP contribution in [-0.4, -0.2) is 21.0 Å². The second-order valence-electron chi connectivity index (χ2n) is 4.16. The van der Waals surface area contributed by atoms with Crippen molar-refractivity contribution in [2.45, 2.75) is 13.8 Å². The van der Waals surface area contributed by atoms with E-state index in [1.165, 1.54) is 0 Å². The lowest BCUT2D eigenvalue weighted by Gasteiger charge is -2.14. The number of hydrogen-bond donors (Lipinski definition) is 0. The Morgan fingerprint density at radius 1 is 1.16 bits per heavy atom. The third-order valence-corrected chi connectivity index (χ3v) is 2.78. The van der Waals surface area contributed by atoms with Crippen molar-refractivity contribution in [2.24, 2.45) is 0 Å². The molecule has 0 amide bonds. The molecule has 2 rings (SSSR count). The first-order chi connectivity index (χ1) is 9.10. The number of allylic oxidation sites excluding steroid dienone is 1. The molecule has 1 aromatic rings. The van der Waals surface area contributed by atoms with Gasteiger partial charge in [-0.3, -0.25) is 0 Å². The van der Waals surface area contributed by atoms with Gasteiger partial charge in [0, 0.05) is 5.56 Å². The van der Waals surface area contributed by atoms with Crippen LogP contribution in [0, 0.1) is 18.8 Å². The minimum Gasteiger partial charge on any atom is -0.492 e. The summed E-state index contributed by atoms with van der Waals surface area (Å²) < 4.78 is 21.7. The summed E-state index contributed by atoms with van der Waals surface area (Å²) in [5.74, 6) is 8.28. The van der Waals surface area contributed by atoms with Gasteiger partial charge < -0.3 is 18.9 Å². The van der Waals surface area contributed by atoms with Gasteiger partial charge in [0.05, 0.1) is 19.8 Å². The molecule has 0 radical (unpaired) electrons. The van der Waals surface area contributed by atoms with Crippen LogP contribution in [-0.2, 0) is 0 Å². The molecule has 0 aromatic heterocycles. The van der Waals surface area contributed by atoms with E-state index in [1.54, 1.807) is 14.2 Å². The molecular formula is C15H16O4. The zero-order valence-electron chi connectivity index (χ0n) is 11.5. The molecular weight excluding hydrogens is 244 g/mol. The van der Waals surface area contributed by atoms with E-state index in [2.05, 4.69) is 18.4 Å². The second-order valence-corrected chi connectivity index (χ2v) is 4.16. The highest BCUT2D eigenvalue weighted by molar-refractivity contribution is 5.71. The van der Waals surface area contributed by atoms with Crippen molar-refractivity contribution >= 4 is 0 Å². The maximum atomic E-state index is 5.49. The topological polar surface area (TPSA) is 36.9 Å². The zero-order chi connectivity index (χ0) is 14.0. The van der Waals surface area contributed by atoms with Crippen molar-refractivity contribution in [1.29, 1.82) is 0 Å². The zero-order valence-corrected chi connectivity index (χ0v) is 11.5. The van der Waals surface area contributed by atoms with Crippen LogP contribution in [0.2, 0.25) is 0 Å². The molecule has 0 fully saturated rings. The molecule has 0 aliphatic carbocycles. The van der Waals surface area contributed by atoms with E-state index in [1.807, 2.05) is 13.8 Å². The minimum absolute atomic E-state index is 0.153. The lowest BCUT2D eigenvalue weighted by atomic mass is 10.0. The van der Waals surface area contributed by atoms with Crippen LogP contribution >= 0.6 is 0 Å². The molecule has 0 N–H and O–H groups in total. The van der Waals surface area contributed by atoms with Gasteiger partial charge in [-0.2, -0.15) is 0 Å². The Morgan fingerprint density at radius 2 is 1.79 bits per heavy atom. The van der Waals surface area contributed by atoms with Crippen molar-refractivity contribution in [1.82, 2.24) is 0 Å². The molecule has 0 unspecified atom stereocenters. The fourth-order valence-electron chi connectivity index (χ4n) is 1.94. The second kappa shape index (κ2) is 5.15. The number of fused-ring (bicyclic) bond motifs is 1. The predicted octanol–water partition coefficient (Wildman–Crippen LogP) is 2.67. The minimum atomic E-state index is 0.153. The number of rotatable bonds is 2. The Bertz CT molecular complexity index is 587. The van der Waals surface area contributed by atoms with E-state index in [-0.39, 0.29) is 6.79 Å². The van der Waals surface area contributed by atoms with E-state index in [4.69, 9.17) is 18.9 Å². The van der Waals surface area contributed by atoms with Crippen molar-refractivity contribution < 1.29 is 18.9 Å². The summed E-state index contributed by atoms with van der Waals surface area (Å²) in [4.78, 5) is 0. The van der Waals surface area contributed by atoms with Crippen molar-refractivity contribution in [3.8, 4) is 34.8 Å². The van der Waals surface area contributed by atoms with Gasteiger partial charge in [-0.25, -0.2) is 0 Å². The summed E-state index contributed by atoms with van der Waals surface area (Å²) in [6, 6.07) is 0. The first-order valence-corrected chi connectivity index (χ1v) is 5.81.